The highest BCUT2D eigenvalue weighted by molar-refractivity contribution is 5.94. The fraction of sp³-hybridized carbons (Fsp3) is 0.158. The number of benzene rings is 1. The van der Waals surface area contributed by atoms with Gasteiger partial charge in [-0.3, -0.25) is 9.48 Å². The lowest BCUT2D eigenvalue weighted by Crippen LogP contribution is -2.26. The summed E-state index contributed by atoms with van der Waals surface area (Å²) in [7, 11) is 1.31. The number of hydrogen-bond donors (Lipinski definition) is 2. The summed E-state index contributed by atoms with van der Waals surface area (Å²) in [5, 5.41) is 7.42. The van der Waals surface area contributed by atoms with E-state index in [4.69, 9.17) is 0 Å². The van der Waals surface area contributed by atoms with E-state index in [0.29, 0.717) is 24.1 Å². The lowest BCUT2D eigenvalue weighted by Gasteiger charge is -2.03. The van der Waals surface area contributed by atoms with E-state index in [0.717, 1.165) is 16.8 Å². The van der Waals surface area contributed by atoms with Gasteiger partial charge in [-0.25, -0.2) is 9.78 Å². The lowest BCUT2D eigenvalue weighted by molar-refractivity contribution is 0.170. The predicted octanol–water partition coefficient (Wildman–Crippen LogP) is 1.93. The topological polar surface area (TPSA) is 107 Å². The zero-order chi connectivity index (χ0) is 19.5. The van der Waals surface area contributed by atoms with Crippen molar-refractivity contribution in [2.24, 2.45) is 0 Å². The smallest absolute Gasteiger partial charge is 0.406 e. The highest BCUT2D eigenvalue weighted by atomic mass is 16.5. The van der Waals surface area contributed by atoms with E-state index in [-0.39, 0.29) is 5.56 Å². The average Bonchev–Trinajstić information content (AvgIpc) is 3.34. The fourth-order valence-corrected chi connectivity index (χ4v) is 3.04. The zero-order valence-corrected chi connectivity index (χ0v) is 15.1. The molecular formula is C19H18N6O3. The number of rotatable bonds is 5. The number of alkyl carbamates (subject to hydrolysis) is 1. The van der Waals surface area contributed by atoms with Crippen molar-refractivity contribution in [3.05, 3.63) is 65.6 Å². The van der Waals surface area contributed by atoms with Crippen molar-refractivity contribution in [3.8, 4) is 16.8 Å². The Kier molecular flexibility index (Phi) is 4.63. The first-order valence-electron chi connectivity index (χ1n) is 8.66. The molecule has 2 N–H and O–H groups in total. The first-order chi connectivity index (χ1) is 13.7. The predicted molar refractivity (Wildman–Crippen MR) is 103 cm³/mol. The number of ether oxygens (including phenoxy) is 1. The number of carbonyl (C=O) groups is 1. The first kappa shape index (κ1) is 17.5. The standard InChI is InChI=1S/C19H18N6O3/c1-28-19(27)20-7-8-24-10-13(9-23-24)15-11-25(14-5-3-2-4-6-14)17-16(15)18(26)22-12-21-17/h2-6,9-12H,7-8H2,1H3,(H,20,27)(H,21,22,26). The summed E-state index contributed by atoms with van der Waals surface area (Å²) in [4.78, 5) is 30.7. The Bertz CT molecular complexity index is 1180. The van der Waals surface area contributed by atoms with Crippen molar-refractivity contribution >= 4 is 17.1 Å². The van der Waals surface area contributed by atoms with E-state index in [1.54, 1.807) is 10.9 Å². The number of H-pyrrole nitrogens is 1. The molecule has 0 aliphatic heterocycles. The van der Waals surface area contributed by atoms with E-state index in [1.807, 2.05) is 47.3 Å². The molecule has 28 heavy (non-hydrogen) atoms. The number of nitrogens with one attached hydrogen (secondary N) is 2. The molecule has 0 aliphatic carbocycles. The van der Waals surface area contributed by atoms with Crippen molar-refractivity contribution in [3.63, 3.8) is 0 Å². The normalized spacial score (nSPS) is 10.9. The van der Waals surface area contributed by atoms with Gasteiger partial charge in [-0.15, -0.1) is 0 Å². The van der Waals surface area contributed by atoms with Crippen molar-refractivity contribution in [2.75, 3.05) is 13.7 Å². The summed E-state index contributed by atoms with van der Waals surface area (Å²) in [5.41, 5.74) is 2.79. The second kappa shape index (κ2) is 7.39. The van der Waals surface area contributed by atoms with Gasteiger partial charge in [0.05, 0.1) is 31.6 Å². The molecule has 9 nitrogen and oxygen atoms in total. The summed E-state index contributed by atoms with van der Waals surface area (Å²) >= 11 is 0. The molecule has 142 valence electrons. The Labute approximate surface area is 159 Å². The second-order valence-corrected chi connectivity index (χ2v) is 6.09. The van der Waals surface area contributed by atoms with Gasteiger partial charge in [0, 0.05) is 35.8 Å². The van der Waals surface area contributed by atoms with Crippen LogP contribution in [0.3, 0.4) is 0 Å². The van der Waals surface area contributed by atoms with Crippen LogP contribution in [0.25, 0.3) is 27.8 Å². The van der Waals surface area contributed by atoms with Crippen LogP contribution in [0.1, 0.15) is 0 Å². The molecule has 3 aromatic heterocycles. The third-order valence-corrected chi connectivity index (χ3v) is 4.36. The summed E-state index contributed by atoms with van der Waals surface area (Å²) in [6.45, 7) is 0.850. The van der Waals surface area contributed by atoms with Crippen LogP contribution in [-0.4, -0.2) is 44.1 Å². The quantitative estimate of drug-likeness (QED) is 0.552. The van der Waals surface area contributed by atoms with Crippen LogP contribution in [0, 0.1) is 0 Å². The van der Waals surface area contributed by atoms with Gasteiger partial charge < -0.3 is 19.6 Å². The molecule has 0 saturated carbocycles. The van der Waals surface area contributed by atoms with E-state index >= 15 is 0 Å². The number of para-hydroxylation sites is 1. The van der Waals surface area contributed by atoms with Gasteiger partial charge >= 0.3 is 6.09 Å². The van der Waals surface area contributed by atoms with Crippen LogP contribution in [0.4, 0.5) is 4.79 Å². The maximum absolute atomic E-state index is 12.5. The highest BCUT2D eigenvalue weighted by Crippen LogP contribution is 2.29. The third-order valence-electron chi connectivity index (χ3n) is 4.36. The molecule has 0 bridgehead atoms. The lowest BCUT2D eigenvalue weighted by atomic mass is 10.1. The van der Waals surface area contributed by atoms with Gasteiger partial charge in [0.25, 0.3) is 5.56 Å². The minimum atomic E-state index is -0.490. The molecule has 0 fully saturated rings. The number of aromatic amines is 1. The van der Waals surface area contributed by atoms with E-state index in [1.165, 1.54) is 13.4 Å². The van der Waals surface area contributed by atoms with Gasteiger partial charge in [0.2, 0.25) is 0 Å². The van der Waals surface area contributed by atoms with Crippen LogP contribution < -0.4 is 10.9 Å². The summed E-state index contributed by atoms with van der Waals surface area (Å²) in [6.07, 6.45) is 6.31. The van der Waals surface area contributed by atoms with Gasteiger partial charge in [-0.05, 0) is 12.1 Å². The Balaban J connectivity index is 1.72. The molecule has 0 aliphatic rings. The molecule has 1 amide bonds. The van der Waals surface area contributed by atoms with E-state index in [9.17, 15) is 9.59 Å². The van der Waals surface area contributed by atoms with Gasteiger partial charge in [0.1, 0.15) is 0 Å². The fourth-order valence-electron chi connectivity index (χ4n) is 3.04. The molecule has 0 radical (unpaired) electrons. The van der Waals surface area contributed by atoms with Crippen molar-refractivity contribution in [1.29, 1.82) is 0 Å². The van der Waals surface area contributed by atoms with Crippen LogP contribution in [0.5, 0.6) is 0 Å². The highest BCUT2D eigenvalue weighted by Gasteiger charge is 2.17. The summed E-state index contributed by atoms with van der Waals surface area (Å²) in [6, 6.07) is 9.70. The SMILES string of the molecule is COC(=O)NCCn1cc(-c2cn(-c3ccccc3)c3nc[nH]c(=O)c23)cn1. The van der Waals surface area contributed by atoms with Crippen LogP contribution in [0.15, 0.2) is 60.0 Å². The van der Waals surface area contributed by atoms with E-state index in [2.05, 4.69) is 25.1 Å². The van der Waals surface area contributed by atoms with Crippen molar-refractivity contribution in [1.82, 2.24) is 29.6 Å². The molecule has 0 saturated heterocycles. The summed E-state index contributed by atoms with van der Waals surface area (Å²) in [5.74, 6) is 0. The van der Waals surface area contributed by atoms with Crippen LogP contribution >= 0.6 is 0 Å². The Morgan fingerprint density at radius 3 is 2.86 bits per heavy atom. The number of aromatic nitrogens is 5. The maximum atomic E-state index is 12.5. The number of hydrogen-bond acceptors (Lipinski definition) is 5. The number of methoxy groups -OCH3 is 1. The number of nitrogens with zero attached hydrogens (tertiary/aromatic N) is 4. The van der Waals surface area contributed by atoms with Crippen molar-refractivity contribution < 1.29 is 9.53 Å². The molecule has 0 atom stereocenters. The van der Waals surface area contributed by atoms with Gasteiger partial charge in [0.15, 0.2) is 5.65 Å². The van der Waals surface area contributed by atoms with Crippen molar-refractivity contribution in [2.45, 2.75) is 6.54 Å². The zero-order valence-electron chi connectivity index (χ0n) is 15.1. The molecule has 0 spiro atoms. The molecular weight excluding hydrogens is 360 g/mol. The molecule has 9 heteroatoms. The third kappa shape index (κ3) is 3.25. The Hall–Kier alpha value is -3.88. The summed E-state index contributed by atoms with van der Waals surface area (Å²) < 4.78 is 8.12. The van der Waals surface area contributed by atoms with Gasteiger partial charge in [-0.2, -0.15) is 5.10 Å². The minimum Gasteiger partial charge on any atom is -0.453 e. The van der Waals surface area contributed by atoms with Crippen LogP contribution in [0.2, 0.25) is 0 Å². The Morgan fingerprint density at radius 1 is 1.25 bits per heavy atom. The monoisotopic (exact) mass is 378 g/mol. The molecule has 4 aromatic rings. The average molecular weight is 378 g/mol. The molecule has 3 heterocycles. The second-order valence-electron chi connectivity index (χ2n) is 6.09. The molecule has 0 unspecified atom stereocenters. The van der Waals surface area contributed by atoms with Gasteiger partial charge in [-0.1, -0.05) is 18.2 Å². The number of carbonyl (C=O) groups excluding carboxylic acids is 1. The molecule has 4 rings (SSSR count). The first-order valence-corrected chi connectivity index (χ1v) is 8.66. The molecule has 1 aromatic carbocycles. The van der Waals surface area contributed by atoms with E-state index < -0.39 is 6.09 Å². The number of amides is 1. The maximum Gasteiger partial charge on any atom is 0.406 e. The Morgan fingerprint density at radius 2 is 2.07 bits per heavy atom. The number of fused-ring (bicyclic) bond motifs is 1. The van der Waals surface area contributed by atoms with Crippen LogP contribution in [-0.2, 0) is 11.3 Å². The largest absolute Gasteiger partial charge is 0.453 e. The minimum absolute atomic E-state index is 0.213.